The van der Waals surface area contributed by atoms with Crippen molar-refractivity contribution in [2.45, 2.75) is 71.0 Å². The number of rotatable bonds is 9. The van der Waals surface area contributed by atoms with E-state index in [1.54, 1.807) is 0 Å². The van der Waals surface area contributed by atoms with Gasteiger partial charge in [-0.1, -0.05) is 27.2 Å². The number of Topliss-reactive ketones (excluding diaryl/α,β-unsaturated/α-hetero) is 2. The minimum atomic E-state index is 0.185. The zero-order chi connectivity index (χ0) is 14.3. The Morgan fingerprint density at radius 2 is 2.00 bits per heavy atom. The van der Waals surface area contributed by atoms with Crippen LogP contribution in [0, 0.1) is 11.8 Å². The van der Waals surface area contributed by atoms with Gasteiger partial charge in [-0.3, -0.25) is 9.59 Å². The molecule has 1 fully saturated rings. The molecule has 0 radical (unpaired) electrons. The lowest BCUT2D eigenvalue weighted by Crippen LogP contribution is -2.08. The van der Waals surface area contributed by atoms with Crippen molar-refractivity contribution in [2.24, 2.45) is 11.8 Å². The van der Waals surface area contributed by atoms with Gasteiger partial charge in [-0.05, 0) is 30.9 Å². The summed E-state index contributed by atoms with van der Waals surface area (Å²) in [5.41, 5.74) is 0. The third kappa shape index (κ3) is 6.60. The Morgan fingerprint density at radius 3 is 2.63 bits per heavy atom. The Labute approximate surface area is 122 Å². The van der Waals surface area contributed by atoms with Gasteiger partial charge in [0.15, 0.2) is 0 Å². The zero-order valence-electron chi connectivity index (χ0n) is 12.6. The maximum Gasteiger partial charge on any atom is 0.135 e. The molecule has 1 saturated heterocycles. The summed E-state index contributed by atoms with van der Waals surface area (Å²) >= 11 is 2.03. The highest BCUT2D eigenvalue weighted by molar-refractivity contribution is 8.00. The van der Waals surface area contributed by atoms with E-state index in [1.807, 2.05) is 32.5 Å². The van der Waals surface area contributed by atoms with Crippen molar-refractivity contribution >= 4 is 23.3 Å². The lowest BCUT2D eigenvalue weighted by molar-refractivity contribution is -0.122. The van der Waals surface area contributed by atoms with Crippen molar-refractivity contribution in [3.8, 4) is 0 Å². The predicted molar refractivity (Wildman–Crippen MR) is 82.6 cm³/mol. The summed E-state index contributed by atoms with van der Waals surface area (Å²) in [5, 5.41) is 0.726. The molecule has 1 aliphatic rings. The van der Waals surface area contributed by atoms with Gasteiger partial charge < -0.3 is 0 Å². The van der Waals surface area contributed by atoms with Gasteiger partial charge in [0.2, 0.25) is 0 Å². The SMILES string of the molecule is CCC(=O)CC1CSC(CCCCC(=O)C(C)C)C1. The summed E-state index contributed by atoms with van der Waals surface area (Å²) in [6.45, 7) is 5.91. The number of unbranched alkanes of at least 4 members (excludes halogenated alkanes) is 1. The fourth-order valence-corrected chi connectivity index (χ4v) is 4.09. The van der Waals surface area contributed by atoms with Gasteiger partial charge in [0.25, 0.3) is 0 Å². The van der Waals surface area contributed by atoms with Gasteiger partial charge in [-0.2, -0.15) is 11.8 Å². The maximum atomic E-state index is 11.5. The number of hydrogen-bond donors (Lipinski definition) is 0. The largest absolute Gasteiger partial charge is 0.300 e. The topological polar surface area (TPSA) is 34.1 Å². The molecule has 1 heterocycles. The second-order valence-electron chi connectivity index (χ2n) is 6.02. The summed E-state index contributed by atoms with van der Waals surface area (Å²) in [4.78, 5) is 22.9. The van der Waals surface area contributed by atoms with E-state index in [9.17, 15) is 9.59 Å². The minimum absolute atomic E-state index is 0.185. The second-order valence-corrected chi connectivity index (χ2v) is 7.35. The molecule has 0 aromatic heterocycles. The molecule has 110 valence electrons. The first-order chi connectivity index (χ1) is 9.02. The van der Waals surface area contributed by atoms with Gasteiger partial charge in [0, 0.05) is 30.4 Å². The third-order valence-corrected chi connectivity index (χ3v) is 5.48. The van der Waals surface area contributed by atoms with Crippen LogP contribution < -0.4 is 0 Å². The highest BCUT2D eigenvalue weighted by Gasteiger charge is 2.26. The molecular formula is C16H28O2S. The summed E-state index contributed by atoms with van der Waals surface area (Å²) in [6.07, 6.45) is 6.82. The van der Waals surface area contributed by atoms with Crippen LogP contribution in [0.2, 0.25) is 0 Å². The Balaban J connectivity index is 2.09. The van der Waals surface area contributed by atoms with E-state index in [2.05, 4.69) is 0 Å². The van der Waals surface area contributed by atoms with Crippen LogP contribution in [0.1, 0.15) is 65.7 Å². The Kier molecular flexibility index (Phi) is 7.74. The van der Waals surface area contributed by atoms with Crippen LogP contribution in [0.25, 0.3) is 0 Å². The van der Waals surface area contributed by atoms with Crippen LogP contribution in [-0.2, 0) is 9.59 Å². The van der Waals surface area contributed by atoms with E-state index >= 15 is 0 Å². The molecule has 1 aliphatic heterocycles. The molecule has 0 bridgehead atoms. The average Bonchev–Trinajstić information content (AvgIpc) is 2.81. The van der Waals surface area contributed by atoms with Gasteiger partial charge in [-0.15, -0.1) is 0 Å². The van der Waals surface area contributed by atoms with Crippen molar-refractivity contribution in [1.82, 2.24) is 0 Å². The van der Waals surface area contributed by atoms with Crippen LogP contribution in [0.15, 0.2) is 0 Å². The van der Waals surface area contributed by atoms with Crippen molar-refractivity contribution in [2.75, 3.05) is 5.75 Å². The van der Waals surface area contributed by atoms with Crippen molar-refractivity contribution in [3.63, 3.8) is 0 Å². The van der Waals surface area contributed by atoms with Crippen molar-refractivity contribution in [3.05, 3.63) is 0 Å². The van der Waals surface area contributed by atoms with Crippen molar-refractivity contribution < 1.29 is 9.59 Å². The van der Waals surface area contributed by atoms with E-state index < -0.39 is 0 Å². The van der Waals surface area contributed by atoms with Gasteiger partial charge in [-0.25, -0.2) is 0 Å². The number of carbonyl (C=O) groups is 2. The maximum absolute atomic E-state index is 11.5. The van der Waals surface area contributed by atoms with Gasteiger partial charge in [0.05, 0.1) is 0 Å². The number of thioether (sulfide) groups is 1. The Morgan fingerprint density at radius 1 is 1.26 bits per heavy atom. The molecule has 0 saturated carbocycles. The van der Waals surface area contributed by atoms with E-state index in [1.165, 1.54) is 12.8 Å². The lowest BCUT2D eigenvalue weighted by atomic mass is 9.96. The first-order valence-corrected chi connectivity index (χ1v) is 8.73. The second kappa shape index (κ2) is 8.78. The molecular weight excluding hydrogens is 256 g/mol. The summed E-state index contributed by atoms with van der Waals surface area (Å²) in [6, 6.07) is 0. The first-order valence-electron chi connectivity index (χ1n) is 7.69. The normalized spacial score (nSPS) is 22.9. The van der Waals surface area contributed by atoms with E-state index in [0.717, 1.165) is 36.7 Å². The molecule has 0 amide bonds. The molecule has 0 spiro atoms. The van der Waals surface area contributed by atoms with E-state index in [0.29, 0.717) is 23.9 Å². The van der Waals surface area contributed by atoms with E-state index in [4.69, 9.17) is 0 Å². The smallest absolute Gasteiger partial charge is 0.135 e. The fraction of sp³-hybridized carbons (Fsp3) is 0.875. The molecule has 0 N–H and O–H groups in total. The molecule has 19 heavy (non-hydrogen) atoms. The molecule has 2 nitrogen and oxygen atoms in total. The van der Waals surface area contributed by atoms with Gasteiger partial charge in [0.1, 0.15) is 11.6 Å². The predicted octanol–water partition coefficient (Wildman–Crippen LogP) is 4.26. The minimum Gasteiger partial charge on any atom is -0.300 e. The van der Waals surface area contributed by atoms with Crippen LogP contribution in [0.3, 0.4) is 0 Å². The monoisotopic (exact) mass is 284 g/mol. The first kappa shape index (κ1) is 16.7. The molecule has 1 rings (SSSR count). The molecule has 2 atom stereocenters. The molecule has 3 heteroatoms. The number of hydrogen-bond acceptors (Lipinski definition) is 3. The van der Waals surface area contributed by atoms with Crippen LogP contribution >= 0.6 is 11.8 Å². The zero-order valence-corrected chi connectivity index (χ0v) is 13.4. The van der Waals surface area contributed by atoms with Crippen LogP contribution in [-0.4, -0.2) is 22.6 Å². The summed E-state index contributed by atoms with van der Waals surface area (Å²) < 4.78 is 0. The average molecular weight is 284 g/mol. The summed E-state index contributed by atoms with van der Waals surface area (Å²) in [5.74, 6) is 2.76. The Bertz CT molecular complexity index is 299. The van der Waals surface area contributed by atoms with Crippen LogP contribution in [0.5, 0.6) is 0 Å². The molecule has 0 aliphatic carbocycles. The summed E-state index contributed by atoms with van der Waals surface area (Å²) in [7, 11) is 0. The quantitative estimate of drug-likeness (QED) is 0.593. The van der Waals surface area contributed by atoms with E-state index in [-0.39, 0.29) is 5.92 Å². The number of ketones is 2. The Hall–Kier alpha value is -0.310. The van der Waals surface area contributed by atoms with Crippen LogP contribution in [0.4, 0.5) is 0 Å². The van der Waals surface area contributed by atoms with Crippen molar-refractivity contribution in [1.29, 1.82) is 0 Å². The lowest BCUT2D eigenvalue weighted by Gasteiger charge is -2.10. The highest BCUT2D eigenvalue weighted by atomic mass is 32.2. The standard InChI is InChI=1S/C16H28O2S/c1-4-14(17)9-13-10-15(19-11-13)7-5-6-8-16(18)12(2)3/h12-13,15H,4-11H2,1-3H3. The third-order valence-electron chi connectivity index (χ3n) is 3.92. The molecule has 0 aromatic rings. The highest BCUT2D eigenvalue weighted by Crippen LogP contribution is 2.36. The number of carbonyl (C=O) groups excluding carboxylic acids is 2. The molecule has 0 aromatic carbocycles. The molecule has 2 unspecified atom stereocenters. The van der Waals surface area contributed by atoms with Gasteiger partial charge >= 0.3 is 0 Å². The fourth-order valence-electron chi connectivity index (χ4n) is 2.55.